The van der Waals surface area contributed by atoms with Gasteiger partial charge in [0.15, 0.2) is 5.13 Å². The summed E-state index contributed by atoms with van der Waals surface area (Å²) >= 11 is 1.59. The van der Waals surface area contributed by atoms with Crippen molar-refractivity contribution in [1.82, 2.24) is 14.6 Å². The molecule has 27 heavy (non-hydrogen) atoms. The maximum absolute atomic E-state index is 13.0. The summed E-state index contributed by atoms with van der Waals surface area (Å²) in [7, 11) is -3.57. The number of carbonyl (C=O) groups excluding carboxylic acids is 1. The van der Waals surface area contributed by atoms with E-state index in [1.165, 1.54) is 6.07 Å². The number of aromatic nitrogens is 1. The van der Waals surface area contributed by atoms with Crippen LogP contribution in [0, 0.1) is 6.92 Å². The Bertz CT molecular complexity index is 932. The van der Waals surface area contributed by atoms with Gasteiger partial charge in [-0.2, -0.15) is 0 Å². The third-order valence-corrected chi connectivity index (χ3v) is 7.26. The molecular weight excluding hydrogens is 384 g/mol. The maximum atomic E-state index is 13.0. The number of hydrogen-bond acceptors (Lipinski definition) is 6. The van der Waals surface area contributed by atoms with Gasteiger partial charge in [-0.05, 0) is 37.5 Å². The predicted molar refractivity (Wildman–Crippen MR) is 105 cm³/mol. The van der Waals surface area contributed by atoms with Gasteiger partial charge in [-0.25, -0.2) is 18.1 Å². The fourth-order valence-corrected chi connectivity index (χ4v) is 5.16. The normalized spacial score (nSPS) is 18.0. The van der Waals surface area contributed by atoms with Crippen molar-refractivity contribution in [3.63, 3.8) is 0 Å². The van der Waals surface area contributed by atoms with E-state index >= 15 is 0 Å². The van der Waals surface area contributed by atoms with Gasteiger partial charge in [0.1, 0.15) is 0 Å². The first-order valence-corrected chi connectivity index (χ1v) is 11.4. The average Bonchev–Trinajstić information content (AvgIpc) is 3.29. The van der Waals surface area contributed by atoms with E-state index in [4.69, 9.17) is 0 Å². The molecule has 1 amide bonds. The highest BCUT2D eigenvalue weighted by atomic mass is 32.2. The number of amides is 1. The van der Waals surface area contributed by atoms with Crippen LogP contribution in [0.5, 0.6) is 0 Å². The minimum absolute atomic E-state index is 0.0365. The van der Waals surface area contributed by atoms with E-state index in [0.717, 1.165) is 36.6 Å². The van der Waals surface area contributed by atoms with Crippen LogP contribution in [-0.2, 0) is 10.0 Å². The van der Waals surface area contributed by atoms with Crippen LogP contribution in [0.15, 0.2) is 34.7 Å². The van der Waals surface area contributed by atoms with Gasteiger partial charge < -0.3 is 9.80 Å². The Balaban J connectivity index is 1.49. The SMILES string of the molecule is Cc1ccc(S(=O)(=O)NC2CC2)cc1C(=O)N1CCN(c2nccs2)CC1. The molecule has 0 radical (unpaired) electrons. The summed E-state index contributed by atoms with van der Waals surface area (Å²) in [5.41, 5.74) is 1.24. The van der Waals surface area contributed by atoms with E-state index in [2.05, 4.69) is 14.6 Å². The first-order chi connectivity index (χ1) is 12.9. The lowest BCUT2D eigenvalue weighted by Gasteiger charge is -2.34. The number of piperazine rings is 1. The molecule has 1 saturated carbocycles. The summed E-state index contributed by atoms with van der Waals surface area (Å²) in [6, 6.07) is 4.82. The number of sulfonamides is 1. The lowest BCUT2D eigenvalue weighted by Crippen LogP contribution is -2.49. The van der Waals surface area contributed by atoms with Gasteiger partial charge in [-0.15, -0.1) is 11.3 Å². The monoisotopic (exact) mass is 406 g/mol. The summed E-state index contributed by atoms with van der Waals surface area (Å²) in [4.78, 5) is 21.4. The Morgan fingerprint density at radius 2 is 1.96 bits per heavy atom. The summed E-state index contributed by atoms with van der Waals surface area (Å²) < 4.78 is 27.6. The Labute approximate surface area is 163 Å². The molecule has 0 atom stereocenters. The molecule has 7 nitrogen and oxygen atoms in total. The first-order valence-electron chi connectivity index (χ1n) is 9.01. The number of benzene rings is 1. The molecule has 144 valence electrons. The molecule has 9 heteroatoms. The lowest BCUT2D eigenvalue weighted by atomic mass is 10.1. The van der Waals surface area contributed by atoms with Crippen molar-refractivity contribution >= 4 is 32.4 Å². The number of hydrogen-bond donors (Lipinski definition) is 1. The van der Waals surface area contributed by atoms with Crippen LogP contribution >= 0.6 is 11.3 Å². The topological polar surface area (TPSA) is 82.6 Å². The number of nitrogens with zero attached hydrogens (tertiary/aromatic N) is 3. The molecule has 1 N–H and O–H groups in total. The largest absolute Gasteiger partial charge is 0.345 e. The van der Waals surface area contributed by atoms with Gasteiger partial charge in [0, 0.05) is 49.4 Å². The zero-order chi connectivity index (χ0) is 19.0. The molecule has 1 aromatic carbocycles. The predicted octanol–water partition coefficient (Wildman–Crippen LogP) is 1.85. The van der Waals surface area contributed by atoms with Crippen molar-refractivity contribution in [2.75, 3.05) is 31.1 Å². The van der Waals surface area contributed by atoms with Crippen LogP contribution in [-0.4, -0.2) is 56.4 Å². The summed E-state index contributed by atoms with van der Waals surface area (Å²) in [5, 5.41) is 2.91. The highest BCUT2D eigenvalue weighted by molar-refractivity contribution is 7.89. The van der Waals surface area contributed by atoms with Crippen LogP contribution in [0.4, 0.5) is 5.13 Å². The Kier molecular flexibility index (Phi) is 4.92. The molecule has 0 spiro atoms. The van der Waals surface area contributed by atoms with Gasteiger partial charge in [-0.3, -0.25) is 4.79 Å². The van der Waals surface area contributed by atoms with Crippen LogP contribution in [0.25, 0.3) is 0 Å². The van der Waals surface area contributed by atoms with E-state index in [-0.39, 0.29) is 16.8 Å². The van der Waals surface area contributed by atoms with Gasteiger partial charge in [-0.1, -0.05) is 6.07 Å². The summed E-state index contributed by atoms with van der Waals surface area (Å²) in [6.45, 7) is 4.47. The molecule has 2 aliphatic rings. The fraction of sp³-hybridized carbons (Fsp3) is 0.444. The molecule has 2 aromatic rings. The quantitative estimate of drug-likeness (QED) is 0.820. The number of carbonyl (C=O) groups is 1. The van der Waals surface area contributed by atoms with Gasteiger partial charge >= 0.3 is 0 Å². The van der Waals surface area contributed by atoms with E-state index in [1.54, 1.807) is 34.6 Å². The van der Waals surface area contributed by atoms with Crippen molar-refractivity contribution in [3.05, 3.63) is 40.9 Å². The van der Waals surface area contributed by atoms with E-state index in [0.29, 0.717) is 18.7 Å². The number of thiazole rings is 1. The van der Waals surface area contributed by atoms with Crippen molar-refractivity contribution in [2.45, 2.75) is 30.7 Å². The Morgan fingerprint density at radius 1 is 1.22 bits per heavy atom. The third kappa shape index (κ3) is 3.99. The number of anilines is 1. The van der Waals surface area contributed by atoms with Crippen LogP contribution in [0.1, 0.15) is 28.8 Å². The highest BCUT2D eigenvalue weighted by Gasteiger charge is 2.29. The molecular formula is C18H22N4O3S2. The molecule has 2 fully saturated rings. The van der Waals surface area contributed by atoms with Gasteiger partial charge in [0.2, 0.25) is 10.0 Å². The van der Waals surface area contributed by atoms with Crippen molar-refractivity contribution < 1.29 is 13.2 Å². The molecule has 1 aliphatic carbocycles. The standard InChI is InChI=1S/C18H22N4O3S2/c1-13-2-5-15(27(24,25)20-14-3-4-14)12-16(13)17(23)21-7-9-22(10-8-21)18-19-6-11-26-18/h2,5-6,11-12,14,20H,3-4,7-10H2,1H3. The minimum Gasteiger partial charge on any atom is -0.345 e. The molecule has 2 heterocycles. The van der Waals surface area contributed by atoms with Crippen LogP contribution < -0.4 is 9.62 Å². The minimum atomic E-state index is -3.57. The molecule has 4 rings (SSSR count). The highest BCUT2D eigenvalue weighted by Crippen LogP contribution is 2.24. The number of aryl methyl sites for hydroxylation is 1. The molecule has 1 aliphatic heterocycles. The van der Waals surface area contributed by atoms with Crippen LogP contribution in [0.2, 0.25) is 0 Å². The Hall–Kier alpha value is -1.97. The van der Waals surface area contributed by atoms with Crippen molar-refractivity contribution in [3.8, 4) is 0 Å². The smallest absolute Gasteiger partial charge is 0.254 e. The number of rotatable bonds is 5. The second-order valence-electron chi connectivity index (χ2n) is 6.97. The van der Waals surface area contributed by atoms with Gasteiger partial charge in [0.25, 0.3) is 5.91 Å². The number of nitrogens with one attached hydrogen (secondary N) is 1. The summed E-state index contributed by atoms with van der Waals surface area (Å²) in [5.74, 6) is -0.116. The van der Waals surface area contributed by atoms with E-state index in [1.807, 2.05) is 12.3 Å². The average molecular weight is 407 g/mol. The van der Waals surface area contributed by atoms with Gasteiger partial charge in [0.05, 0.1) is 4.90 Å². The van der Waals surface area contributed by atoms with E-state index in [9.17, 15) is 13.2 Å². The Morgan fingerprint density at radius 3 is 2.59 bits per heavy atom. The maximum Gasteiger partial charge on any atom is 0.254 e. The van der Waals surface area contributed by atoms with Crippen molar-refractivity contribution in [1.29, 1.82) is 0 Å². The van der Waals surface area contributed by atoms with Crippen LogP contribution in [0.3, 0.4) is 0 Å². The first kappa shape index (κ1) is 18.4. The molecule has 0 bridgehead atoms. The summed E-state index contributed by atoms with van der Waals surface area (Å²) in [6.07, 6.45) is 3.53. The van der Waals surface area contributed by atoms with E-state index < -0.39 is 10.0 Å². The second-order valence-corrected chi connectivity index (χ2v) is 9.55. The molecule has 0 unspecified atom stereocenters. The lowest BCUT2D eigenvalue weighted by molar-refractivity contribution is 0.0746. The molecule has 1 saturated heterocycles. The zero-order valence-electron chi connectivity index (χ0n) is 15.1. The zero-order valence-corrected chi connectivity index (χ0v) is 16.7. The van der Waals surface area contributed by atoms with Crippen molar-refractivity contribution in [2.24, 2.45) is 0 Å². The fourth-order valence-electron chi connectivity index (χ4n) is 3.13. The second kappa shape index (κ2) is 7.21. The third-order valence-electron chi connectivity index (χ3n) is 4.91. The molecule has 1 aromatic heterocycles.